The smallest absolute Gasteiger partial charge is 0.394 e. The molecule has 0 aromatic carbocycles. The van der Waals surface area contributed by atoms with Gasteiger partial charge in [-0.1, -0.05) is 0 Å². The molecule has 1 aromatic rings. The summed E-state index contributed by atoms with van der Waals surface area (Å²) >= 11 is 0. The molecule has 2 aliphatic heterocycles. The Morgan fingerprint density at radius 2 is 1.87 bits per heavy atom. The quantitative estimate of drug-likeness (QED) is 0.664. The molecule has 0 aliphatic carbocycles. The summed E-state index contributed by atoms with van der Waals surface area (Å²) in [4.78, 5) is 0. The molecule has 0 atom stereocenters. The molecule has 4 nitrogen and oxygen atoms in total. The van der Waals surface area contributed by atoms with Crippen LogP contribution in [0.5, 0.6) is 0 Å². The lowest BCUT2D eigenvalue weighted by Gasteiger charge is -2.34. The molecule has 124 valence electrons. The molecular formula is C16H21BF2N2O2. The van der Waals surface area contributed by atoms with Crippen molar-refractivity contribution in [1.82, 2.24) is 4.48 Å². The summed E-state index contributed by atoms with van der Waals surface area (Å²) in [5, 5.41) is 18.4. The number of nitrogens with zero attached hydrogens (tertiary/aromatic N) is 2. The van der Waals surface area contributed by atoms with Crippen LogP contribution < -0.4 is 0 Å². The summed E-state index contributed by atoms with van der Waals surface area (Å²) in [6.07, 6.45) is 0.752. The van der Waals surface area contributed by atoms with Crippen LogP contribution in [0.3, 0.4) is 0 Å². The van der Waals surface area contributed by atoms with Crippen LogP contribution in [0.2, 0.25) is 0 Å². The molecule has 0 unspecified atom stereocenters. The van der Waals surface area contributed by atoms with Gasteiger partial charge in [0, 0.05) is 36.3 Å². The van der Waals surface area contributed by atoms with Gasteiger partial charge in [-0.3, -0.25) is 0 Å². The van der Waals surface area contributed by atoms with Crippen molar-refractivity contribution in [2.75, 3.05) is 0 Å². The fraction of sp³-hybridized carbons (Fsp3) is 0.438. The number of rotatable bonds is 3. The van der Waals surface area contributed by atoms with Gasteiger partial charge in [-0.15, -0.1) is 0 Å². The van der Waals surface area contributed by atoms with Gasteiger partial charge in [0.25, 0.3) is 0 Å². The van der Waals surface area contributed by atoms with Gasteiger partial charge in [0.1, 0.15) is 5.71 Å². The summed E-state index contributed by atoms with van der Waals surface area (Å²) < 4.78 is 32.6. The molecule has 0 spiro atoms. The highest BCUT2D eigenvalue weighted by Crippen LogP contribution is 2.43. The molecule has 3 rings (SSSR count). The largest absolute Gasteiger partial charge is 0.737 e. The van der Waals surface area contributed by atoms with Crippen LogP contribution in [0.25, 0.3) is 5.57 Å². The summed E-state index contributed by atoms with van der Waals surface area (Å²) in [7, 11) is 0. The molecule has 0 bridgehead atoms. The van der Waals surface area contributed by atoms with E-state index in [4.69, 9.17) is 0 Å². The minimum Gasteiger partial charge on any atom is -0.394 e. The second-order valence-corrected chi connectivity index (χ2v) is 6.46. The number of fused-ring (bicyclic) bond motifs is 2. The molecule has 0 saturated heterocycles. The van der Waals surface area contributed by atoms with Crippen molar-refractivity contribution >= 4 is 18.3 Å². The first-order chi connectivity index (χ1) is 10.7. The Bertz CT molecular complexity index is 788. The van der Waals surface area contributed by atoms with E-state index < -0.39 is 13.3 Å². The van der Waals surface area contributed by atoms with E-state index >= 15 is 8.63 Å². The lowest BCUT2D eigenvalue weighted by molar-refractivity contribution is -0.363. The Labute approximate surface area is 134 Å². The van der Waals surface area contributed by atoms with Crippen molar-refractivity contribution in [2.45, 2.75) is 46.8 Å². The number of aryl methyl sites for hydroxylation is 2. The first kappa shape index (κ1) is 16.1. The zero-order valence-electron chi connectivity index (χ0n) is 13.8. The number of hydrogen-bond acceptors (Lipinski definition) is 2. The van der Waals surface area contributed by atoms with Crippen molar-refractivity contribution < 1.29 is 23.3 Å². The van der Waals surface area contributed by atoms with Crippen LogP contribution in [0.4, 0.5) is 8.63 Å². The average Bonchev–Trinajstić information content (AvgIpc) is 2.88. The minimum atomic E-state index is -3.95. The van der Waals surface area contributed by atoms with Gasteiger partial charge in [-0.25, -0.2) is 0 Å². The second-order valence-electron chi connectivity index (χ2n) is 6.46. The van der Waals surface area contributed by atoms with Crippen molar-refractivity contribution in [1.29, 1.82) is 0 Å². The third-order valence-electron chi connectivity index (χ3n) is 4.69. The van der Waals surface area contributed by atoms with Gasteiger partial charge in [0.05, 0.1) is 0 Å². The van der Waals surface area contributed by atoms with Gasteiger partial charge in [0.15, 0.2) is 12.0 Å². The highest BCUT2D eigenvalue weighted by Gasteiger charge is 2.54. The second kappa shape index (κ2) is 5.14. The SMILES string of the molecule is CC1=CC(C)=[N+]2C1=C(CCC(O)O)c1c(C)cc(C)n1[B-]2(F)F. The van der Waals surface area contributed by atoms with Crippen LogP contribution in [0.1, 0.15) is 43.6 Å². The number of aromatic nitrogens is 1. The number of aliphatic hydroxyl groups excluding tert-OH is 1. The molecule has 3 heterocycles. The summed E-state index contributed by atoms with van der Waals surface area (Å²) in [6.45, 7) is 3.06. The predicted molar refractivity (Wildman–Crippen MR) is 86.4 cm³/mol. The topological polar surface area (TPSA) is 48.4 Å². The normalized spacial score (nSPS) is 19.4. The Morgan fingerprint density at radius 1 is 1.22 bits per heavy atom. The van der Waals surface area contributed by atoms with Gasteiger partial charge >= 0.3 is 6.97 Å². The third-order valence-corrected chi connectivity index (χ3v) is 4.69. The van der Waals surface area contributed by atoms with Crippen LogP contribution >= 0.6 is 0 Å². The Hall–Kier alpha value is -1.73. The predicted octanol–water partition coefficient (Wildman–Crippen LogP) is 2.58. The van der Waals surface area contributed by atoms with E-state index in [0.717, 1.165) is 25.7 Å². The Morgan fingerprint density at radius 3 is 2.48 bits per heavy atom. The first-order valence-corrected chi connectivity index (χ1v) is 7.78. The van der Waals surface area contributed by atoms with Gasteiger partial charge in [-0.2, -0.15) is 0 Å². The molecule has 0 fully saturated rings. The van der Waals surface area contributed by atoms with Gasteiger partial charge < -0.3 is 27.8 Å². The lowest BCUT2D eigenvalue weighted by atomic mass is 9.84. The molecule has 7 heteroatoms. The fourth-order valence-corrected chi connectivity index (χ4v) is 3.94. The Kier molecular flexibility index (Phi) is 3.61. The molecular weight excluding hydrogens is 301 g/mol. The summed E-state index contributed by atoms with van der Waals surface area (Å²) in [6, 6.07) is 1.76. The first-order valence-electron chi connectivity index (χ1n) is 7.78. The lowest BCUT2D eigenvalue weighted by Crippen LogP contribution is -2.51. The van der Waals surface area contributed by atoms with E-state index in [2.05, 4.69) is 0 Å². The summed E-state index contributed by atoms with van der Waals surface area (Å²) in [5.74, 6) is 0. The minimum absolute atomic E-state index is 0.112. The molecule has 0 radical (unpaired) electrons. The third kappa shape index (κ3) is 2.22. The van der Waals surface area contributed by atoms with Crippen LogP contribution in [-0.4, -0.2) is 38.1 Å². The van der Waals surface area contributed by atoms with Crippen molar-refractivity contribution in [3.8, 4) is 0 Å². The highest BCUT2D eigenvalue weighted by molar-refractivity contribution is 6.58. The highest BCUT2D eigenvalue weighted by atomic mass is 19.2. The zero-order chi connectivity index (χ0) is 17.1. The molecule has 23 heavy (non-hydrogen) atoms. The molecule has 1 aromatic heterocycles. The fourth-order valence-electron chi connectivity index (χ4n) is 3.94. The van der Waals surface area contributed by atoms with E-state index in [-0.39, 0.29) is 6.42 Å². The van der Waals surface area contributed by atoms with Crippen molar-refractivity contribution in [3.05, 3.63) is 40.4 Å². The molecule has 0 amide bonds. The number of aliphatic hydroxyl groups is 2. The van der Waals surface area contributed by atoms with E-state index in [1.807, 2.05) is 13.8 Å². The van der Waals surface area contributed by atoms with Gasteiger partial charge in [-0.05, 0) is 44.5 Å². The summed E-state index contributed by atoms with van der Waals surface area (Å²) in [5.41, 5.74) is 4.39. The zero-order valence-corrected chi connectivity index (χ0v) is 13.8. The molecule has 2 aliphatic rings. The van der Waals surface area contributed by atoms with E-state index in [1.54, 1.807) is 26.0 Å². The monoisotopic (exact) mass is 322 g/mol. The number of halogens is 2. The van der Waals surface area contributed by atoms with E-state index in [9.17, 15) is 10.2 Å². The van der Waals surface area contributed by atoms with E-state index in [0.29, 0.717) is 29.2 Å². The van der Waals surface area contributed by atoms with Crippen LogP contribution in [0.15, 0.2) is 23.4 Å². The number of allylic oxidation sites excluding steroid dienone is 3. The molecule has 2 N–H and O–H groups in total. The maximum atomic E-state index is 15.2. The van der Waals surface area contributed by atoms with Crippen LogP contribution in [-0.2, 0) is 0 Å². The number of hydrogen-bond donors (Lipinski definition) is 2. The van der Waals surface area contributed by atoms with E-state index in [1.165, 1.54) is 0 Å². The van der Waals surface area contributed by atoms with Gasteiger partial charge in [0.2, 0.25) is 0 Å². The van der Waals surface area contributed by atoms with Crippen molar-refractivity contribution in [3.63, 3.8) is 0 Å². The van der Waals surface area contributed by atoms with Crippen LogP contribution in [0, 0.1) is 13.8 Å². The molecule has 0 saturated carbocycles. The standard InChI is InChI=1S/C16H21BF2N2O2/c1-9-7-11(3)20-15(9)13(5-6-14(22)23)16-10(2)8-12(4)21(16)17(20,18)19/h7-8,14,22-23H,5-6H2,1-4H3. The average molecular weight is 322 g/mol. The van der Waals surface area contributed by atoms with Crippen molar-refractivity contribution in [2.24, 2.45) is 0 Å². The maximum Gasteiger partial charge on any atom is 0.737 e. The Balaban J connectivity index is 2.32. The maximum absolute atomic E-state index is 15.2.